The summed E-state index contributed by atoms with van der Waals surface area (Å²) in [4.78, 5) is 4.36. The van der Waals surface area contributed by atoms with Crippen LogP contribution in [-0.4, -0.2) is 44.0 Å². The summed E-state index contributed by atoms with van der Waals surface area (Å²) >= 11 is 0. The molecule has 1 fully saturated rings. The highest BCUT2D eigenvalue weighted by atomic mass is 32.2. The van der Waals surface area contributed by atoms with Crippen LogP contribution >= 0.6 is 0 Å². The number of ether oxygens (including phenoxy) is 1. The topological polar surface area (TPSA) is 59.5 Å². The summed E-state index contributed by atoms with van der Waals surface area (Å²) in [6, 6.07) is 6.99. The lowest BCUT2D eigenvalue weighted by Crippen LogP contribution is -2.40. The van der Waals surface area contributed by atoms with Gasteiger partial charge in [-0.2, -0.15) is 4.31 Å². The van der Waals surface area contributed by atoms with E-state index in [1.165, 1.54) is 4.31 Å². The predicted molar refractivity (Wildman–Crippen MR) is 71.3 cm³/mol. The number of benzene rings is 1. The summed E-state index contributed by atoms with van der Waals surface area (Å²) in [5.41, 5.74) is 0. The Bertz CT molecular complexity index is 689. The number of pyridine rings is 1. The van der Waals surface area contributed by atoms with Gasteiger partial charge in [0.2, 0.25) is 10.0 Å². The van der Waals surface area contributed by atoms with Crippen LogP contribution in [0.5, 0.6) is 0 Å². The zero-order chi connectivity index (χ0) is 13.3. The molecule has 0 aliphatic carbocycles. The third-order valence-electron chi connectivity index (χ3n) is 3.23. The molecule has 19 heavy (non-hydrogen) atoms. The average molecular weight is 278 g/mol. The maximum Gasteiger partial charge on any atom is 0.243 e. The number of hydrogen-bond acceptors (Lipinski definition) is 4. The number of hydrogen-bond donors (Lipinski definition) is 0. The Kier molecular flexibility index (Phi) is 3.22. The molecule has 0 bridgehead atoms. The monoisotopic (exact) mass is 278 g/mol. The van der Waals surface area contributed by atoms with E-state index >= 15 is 0 Å². The molecule has 2 aromatic rings. The second-order valence-electron chi connectivity index (χ2n) is 4.37. The van der Waals surface area contributed by atoms with E-state index in [1.54, 1.807) is 30.6 Å². The first-order valence-corrected chi connectivity index (χ1v) is 7.54. The Morgan fingerprint density at radius 2 is 1.95 bits per heavy atom. The van der Waals surface area contributed by atoms with Crippen LogP contribution < -0.4 is 0 Å². The highest BCUT2D eigenvalue weighted by molar-refractivity contribution is 7.89. The minimum atomic E-state index is -3.46. The zero-order valence-corrected chi connectivity index (χ0v) is 11.1. The molecule has 2 heterocycles. The van der Waals surface area contributed by atoms with Gasteiger partial charge in [-0.25, -0.2) is 8.42 Å². The van der Waals surface area contributed by atoms with Crippen molar-refractivity contribution < 1.29 is 13.2 Å². The van der Waals surface area contributed by atoms with E-state index in [2.05, 4.69) is 4.98 Å². The van der Waals surface area contributed by atoms with Gasteiger partial charge in [0.05, 0.1) is 18.1 Å². The molecule has 1 aliphatic rings. The molecule has 0 unspecified atom stereocenters. The normalized spacial score (nSPS) is 17.7. The second kappa shape index (κ2) is 4.88. The fourth-order valence-electron chi connectivity index (χ4n) is 2.24. The molecule has 0 saturated carbocycles. The summed E-state index contributed by atoms with van der Waals surface area (Å²) in [5, 5.41) is 1.54. The van der Waals surface area contributed by atoms with E-state index in [4.69, 9.17) is 4.74 Å². The van der Waals surface area contributed by atoms with Crippen LogP contribution in [0.25, 0.3) is 10.8 Å². The number of nitrogens with zero attached hydrogens (tertiary/aromatic N) is 2. The van der Waals surface area contributed by atoms with Crippen molar-refractivity contribution in [1.29, 1.82) is 0 Å². The van der Waals surface area contributed by atoms with Gasteiger partial charge in [-0.15, -0.1) is 0 Å². The van der Waals surface area contributed by atoms with Crippen molar-refractivity contribution in [3.63, 3.8) is 0 Å². The minimum absolute atomic E-state index is 0.342. The van der Waals surface area contributed by atoms with Crippen molar-refractivity contribution in [3.8, 4) is 0 Å². The summed E-state index contributed by atoms with van der Waals surface area (Å²) < 4.78 is 32.0. The van der Waals surface area contributed by atoms with Crippen molar-refractivity contribution in [2.45, 2.75) is 4.90 Å². The molecule has 1 aromatic carbocycles. The lowest BCUT2D eigenvalue weighted by atomic mass is 10.2. The Balaban J connectivity index is 2.12. The number of rotatable bonds is 2. The molecule has 100 valence electrons. The molecule has 0 radical (unpaired) electrons. The van der Waals surface area contributed by atoms with Gasteiger partial charge in [-0.05, 0) is 12.1 Å². The quantitative estimate of drug-likeness (QED) is 0.829. The lowest BCUT2D eigenvalue weighted by Gasteiger charge is -2.26. The van der Waals surface area contributed by atoms with Crippen molar-refractivity contribution >= 4 is 20.8 Å². The van der Waals surface area contributed by atoms with Crippen LogP contribution in [0.2, 0.25) is 0 Å². The average Bonchev–Trinajstić information content (AvgIpc) is 2.47. The third kappa shape index (κ3) is 2.22. The maximum absolute atomic E-state index is 12.7. The molecule has 1 aliphatic heterocycles. The van der Waals surface area contributed by atoms with Crippen molar-refractivity contribution in [2.24, 2.45) is 0 Å². The first kappa shape index (κ1) is 12.5. The largest absolute Gasteiger partial charge is 0.379 e. The van der Waals surface area contributed by atoms with Crippen molar-refractivity contribution in [2.75, 3.05) is 26.3 Å². The number of sulfonamides is 1. The third-order valence-corrected chi connectivity index (χ3v) is 5.19. The lowest BCUT2D eigenvalue weighted by molar-refractivity contribution is 0.0730. The van der Waals surface area contributed by atoms with Crippen molar-refractivity contribution in [3.05, 3.63) is 36.7 Å². The Morgan fingerprint density at radius 3 is 2.74 bits per heavy atom. The standard InChI is InChI=1S/C13H14N2O3S/c16-19(17,15-6-8-18-9-7-15)13-3-1-2-11-10-14-5-4-12(11)13/h1-5,10H,6-9H2. The van der Waals surface area contributed by atoms with E-state index in [-0.39, 0.29) is 0 Å². The summed E-state index contributed by atoms with van der Waals surface area (Å²) in [5.74, 6) is 0. The zero-order valence-electron chi connectivity index (χ0n) is 10.3. The SMILES string of the molecule is O=S(=O)(c1cccc2cnccc12)N1CCOCC1. The Morgan fingerprint density at radius 1 is 1.16 bits per heavy atom. The van der Waals surface area contributed by atoms with E-state index in [1.807, 2.05) is 6.07 Å². The van der Waals surface area contributed by atoms with Crippen LogP contribution in [-0.2, 0) is 14.8 Å². The fraction of sp³-hybridized carbons (Fsp3) is 0.308. The van der Waals surface area contributed by atoms with Gasteiger partial charge in [0, 0.05) is 36.3 Å². The minimum Gasteiger partial charge on any atom is -0.379 e. The van der Waals surface area contributed by atoms with Crippen LogP contribution in [0, 0.1) is 0 Å². The molecule has 5 nitrogen and oxygen atoms in total. The van der Waals surface area contributed by atoms with Gasteiger partial charge in [-0.3, -0.25) is 4.98 Å². The van der Waals surface area contributed by atoms with Gasteiger partial charge in [0.25, 0.3) is 0 Å². The Labute approximate surface area is 111 Å². The van der Waals surface area contributed by atoms with Gasteiger partial charge < -0.3 is 4.74 Å². The maximum atomic E-state index is 12.7. The van der Waals surface area contributed by atoms with Gasteiger partial charge >= 0.3 is 0 Å². The summed E-state index contributed by atoms with van der Waals surface area (Å²) in [7, 11) is -3.46. The van der Waals surface area contributed by atoms with Crippen molar-refractivity contribution in [1.82, 2.24) is 9.29 Å². The van der Waals surface area contributed by atoms with Crippen LogP contribution in [0.15, 0.2) is 41.6 Å². The van der Waals surface area contributed by atoms with Crippen LogP contribution in [0.4, 0.5) is 0 Å². The Hall–Kier alpha value is -1.50. The predicted octanol–water partition coefficient (Wildman–Crippen LogP) is 1.26. The van der Waals surface area contributed by atoms with Gasteiger partial charge in [-0.1, -0.05) is 12.1 Å². The summed E-state index contributed by atoms with van der Waals surface area (Å²) in [6.45, 7) is 1.71. The van der Waals surface area contributed by atoms with E-state index in [0.717, 1.165) is 5.39 Å². The molecule has 3 rings (SSSR count). The first-order chi connectivity index (χ1) is 9.19. The van der Waals surface area contributed by atoms with Gasteiger partial charge in [0.1, 0.15) is 0 Å². The number of fused-ring (bicyclic) bond motifs is 1. The molecule has 0 N–H and O–H groups in total. The van der Waals surface area contributed by atoms with E-state index < -0.39 is 10.0 Å². The van der Waals surface area contributed by atoms with E-state index in [9.17, 15) is 8.42 Å². The highest BCUT2D eigenvalue weighted by Gasteiger charge is 2.27. The van der Waals surface area contributed by atoms with E-state index in [0.29, 0.717) is 36.6 Å². The molecule has 1 saturated heterocycles. The highest BCUT2D eigenvalue weighted by Crippen LogP contribution is 2.25. The molecule has 6 heteroatoms. The molecule has 1 aromatic heterocycles. The molecule has 0 atom stereocenters. The smallest absolute Gasteiger partial charge is 0.243 e. The fourth-order valence-corrected chi connectivity index (χ4v) is 3.87. The molecule has 0 spiro atoms. The molecule has 0 amide bonds. The molecular formula is C13H14N2O3S. The van der Waals surface area contributed by atoms with Crippen LogP contribution in [0.1, 0.15) is 0 Å². The van der Waals surface area contributed by atoms with Crippen LogP contribution in [0.3, 0.4) is 0 Å². The first-order valence-electron chi connectivity index (χ1n) is 6.10. The summed E-state index contributed by atoms with van der Waals surface area (Å²) in [6.07, 6.45) is 3.29. The second-order valence-corrected chi connectivity index (χ2v) is 6.28. The molecular weight excluding hydrogens is 264 g/mol. The number of aromatic nitrogens is 1. The van der Waals surface area contributed by atoms with Gasteiger partial charge in [0.15, 0.2) is 0 Å². The number of morpholine rings is 1.